The van der Waals surface area contributed by atoms with Crippen molar-refractivity contribution in [3.05, 3.63) is 0 Å². The van der Waals surface area contributed by atoms with E-state index in [2.05, 4.69) is 0 Å². The quantitative estimate of drug-likeness (QED) is 0.0678. The zero-order chi connectivity index (χ0) is 25.3. The standard InChI is InChI=1S/2C6H14O6S4.2Na.2H/c2*7-15(8,9)5-1-3-13-14-4-2-6-16(10,11)12;;;;/h2*1-6H2,(H,7,8,9)(H,10,11,12);;;;. The van der Waals surface area contributed by atoms with Gasteiger partial charge in [0.05, 0.1) is 23.0 Å². The Kier molecular flexibility index (Phi) is 31.0. The van der Waals surface area contributed by atoms with Crippen LogP contribution < -0.4 is 0 Å². The van der Waals surface area contributed by atoms with Crippen molar-refractivity contribution in [1.82, 2.24) is 0 Å². The molecule has 0 rings (SSSR count). The SMILES string of the molecule is O=S(=O)(O)CCCSSCCCS(=O)(=O)O.O=S(=O)(O)CCCSSCCCS(=O)(=O)O.[NaH].[NaH]. The topological polar surface area (TPSA) is 217 Å². The molecule has 0 amide bonds. The second kappa shape index (κ2) is 23.9. The van der Waals surface area contributed by atoms with Gasteiger partial charge in [-0.2, -0.15) is 33.7 Å². The molecule has 0 aliphatic rings. The Morgan fingerprint density at radius 2 is 0.529 bits per heavy atom. The predicted octanol–water partition coefficient (Wildman–Crippen LogP) is 0.550. The van der Waals surface area contributed by atoms with Crippen molar-refractivity contribution >= 4 is 143 Å². The first-order valence-corrected chi connectivity index (χ1v) is 20.1. The minimum absolute atomic E-state index is 0. The van der Waals surface area contributed by atoms with Crippen LogP contribution in [0.25, 0.3) is 0 Å². The normalized spacial score (nSPS) is 12.1. The van der Waals surface area contributed by atoms with Gasteiger partial charge in [-0.1, -0.05) is 43.2 Å². The van der Waals surface area contributed by atoms with Crippen LogP contribution in [-0.4, -0.2) is 157 Å². The molecule has 0 heterocycles. The van der Waals surface area contributed by atoms with Crippen LogP contribution >= 0.6 is 43.2 Å². The molecule has 0 fully saturated rings. The molecule has 0 spiro atoms. The molecule has 0 atom stereocenters. The van der Waals surface area contributed by atoms with Crippen molar-refractivity contribution in [2.24, 2.45) is 0 Å². The van der Waals surface area contributed by atoms with Crippen LogP contribution in [0.15, 0.2) is 0 Å². The third kappa shape index (κ3) is 48.1. The molecule has 0 aromatic heterocycles. The molecule has 0 radical (unpaired) electrons. The molecule has 0 unspecified atom stereocenters. The Bertz CT molecular complexity index is 755. The molecular weight excluding hydrogens is 639 g/mol. The minimum atomic E-state index is -3.88. The average Bonchev–Trinajstić information content (AvgIpc) is 2.56. The average molecular weight is 669 g/mol. The van der Waals surface area contributed by atoms with Crippen LogP contribution in [-0.2, 0) is 40.5 Å². The van der Waals surface area contributed by atoms with Gasteiger partial charge in [0.1, 0.15) is 0 Å². The van der Waals surface area contributed by atoms with E-state index in [1.54, 1.807) is 0 Å². The second-order valence-electron chi connectivity index (χ2n) is 5.85. The Morgan fingerprint density at radius 1 is 0.382 bits per heavy atom. The number of rotatable bonds is 18. The summed E-state index contributed by atoms with van der Waals surface area (Å²) >= 11 is 0. The van der Waals surface area contributed by atoms with Gasteiger partial charge >= 0.3 is 59.1 Å². The van der Waals surface area contributed by atoms with Crippen LogP contribution in [0.1, 0.15) is 25.7 Å². The van der Waals surface area contributed by atoms with Crippen molar-refractivity contribution < 1.29 is 51.9 Å². The molecule has 4 N–H and O–H groups in total. The molecule has 0 saturated carbocycles. The van der Waals surface area contributed by atoms with Crippen molar-refractivity contribution in [1.29, 1.82) is 0 Å². The van der Waals surface area contributed by atoms with Crippen LogP contribution in [0.5, 0.6) is 0 Å². The molecule has 0 bridgehead atoms. The summed E-state index contributed by atoms with van der Waals surface area (Å²) in [6.07, 6.45) is 1.42. The van der Waals surface area contributed by atoms with Crippen molar-refractivity contribution in [3.8, 4) is 0 Å². The first-order chi connectivity index (χ1) is 14.4. The fourth-order valence-electron chi connectivity index (χ4n) is 1.44. The molecule has 12 nitrogen and oxygen atoms in total. The number of hydrogen-bond donors (Lipinski definition) is 4. The Hall–Kier alpha value is 3.04. The Morgan fingerprint density at radius 3 is 0.647 bits per heavy atom. The van der Waals surface area contributed by atoms with E-state index in [0.29, 0.717) is 48.7 Å². The monoisotopic (exact) mass is 668 g/mol. The van der Waals surface area contributed by atoms with E-state index in [0.717, 1.165) is 0 Å². The first-order valence-electron chi connectivity index (χ1n) is 8.71. The fourth-order valence-corrected chi connectivity index (χ4v) is 8.55. The van der Waals surface area contributed by atoms with E-state index >= 15 is 0 Å². The van der Waals surface area contributed by atoms with Crippen molar-refractivity contribution in [2.45, 2.75) is 25.7 Å². The summed E-state index contributed by atoms with van der Waals surface area (Å²) in [5, 5.41) is 0. The van der Waals surface area contributed by atoms with Crippen molar-refractivity contribution in [3.63, 3.8) is 0 Å². The van der Waals surface area contributed by atoms with Gasteiger partial charge in [-0.15, -0.1) is 0 Å². The molecule has 0 aliphatic heterocycles. The fraction of sp³-hybridized carbons (Fsp3) is 1.00. The first kappa shape index (κ1) is 44.1. The molecule has 200 valence electrons. The Balaban J connectivity index is -0.000000250. The Labute approximate surface area is 262 Å². The van der Waals surface area contributed by atoms with E-state index in [1.165, 1.54) is 43.2 Å². The zero-order valence-electron chi connectivity index (χ0n) is 16.8. The van der Waals surface area contributed by atoms with Gasteiger partial charge < -0.3 is 0 Å². The van der Waals surface area contributed by atoms with Gasteiger partial charge in [0.2, 0.25) is 0 Å². The molecule has 0 aliphatic carbocycles. The molecular formula is C12H30Na2O12S8. The van der Waals surface area contributed by atoms with Crippen LogP contribution in [0.4, 0.5) is 0 Å². The molecule has 0 aromatic rings. The summed E-state index contributed by atoms with van der Waals surface area (Å²) in [5.41, 5.74) is 0. The van der Waals surface area contributed by atoms with Gasteiger partial charge in [0.25, 0.3) is 40.5 Å². The van der Waals surface area contributed by atoms with E-state index < -0.39 is 40.5 Å². The predicted molar refractivity (Wildman–Crippen MR) is 148 cm³/mol. The van der Waals surface area contributed by atoms with Crippen LogP contribution in [0.3, 0.4) is 0 Å². The summed E-state index contributed by atoms with van der Waals surface area (Å²) in [7, 11) is -9.87. The third-order valence-corrected chi connectivity index (χ3v) is 11.1. The summed E-state index contributed by atoms with van der Waals surface area (Å²) in [6.45, 7) is 0. The number of hydrogen-bond acceptors (Lipinski definition) is 12. The van der Waals surface area contributed by atoms with Gasteiger partial charge in [-0.25, -0.2) is 0 Å². The zero-order valence-corrected chi connectivity index (χ0v) is 23.3. The van der Waals surface area contributed by atoms with Gasteiger partial charge in [0, 0.05) is 23.0 Å². The van der Waals surface area contributed by atoms with E-state index in [4.69, 9.17) is 18.2 Å². The van der Waals surface area contributed by atoms with E-state index in [1.807, 2.05) is 0 Å². The summed E-state index contributed by atoms with van der Waals surface area (Å²) in [6, 6.07) is 0. The molecule has 0 aromatic carbocycles. The van der Waals surface area contributed by atoms with Crippen LogP contribution in [0, 0.1) is 0 Å². The van der Waals surface area contributed by atoms with E-state index in [9.17, 15) is 33.7 Å². The maximum atomic E-state index is 10.3. The second-order valence-corrected chi connectivity index (χ2v) is 17.5. The molecule has 0 saturated heterocycles. The van der Waals surface area contributed by atoms with Crippen LogP contribution in [0.2, 0.25) is 0 Å². The summed E-state index contributed by atoms with van der Waals surface area (Å²) in [4.78, 5) is 0. The maximum absolute atomic E-state index is 10.3. The van der Waals surface area contributed by atoms with Gasteiger partial charge in [-0.3, -0.25) is 18.2 Å². The van der Waals surface area contributed by atoms with E-state index in [-0.39, 0.29) is 82.1 Å². The molecule has 22 heteroatoms. The van der Waals surface area contributed by atoms with Gasteiger partial charge in [-0.05, 0) is 25.7 Å². The van der Waals surface area contributed by atoms with Crippen molar-refractivity contribution in [2.75, 3.05) is 46.0 Å². The summed E-state index contributed by atoms with van der Waals surface area (Å²) in [5.74, 6) is 1.23. The van der Waals surface area contributed by atoms with Gasteiger partial charge in [0.15, 0.2) is 0 Å². The summed E-state index contributed by atoms with van der Waals surface area (Å²) < 4.78 is 116. The molecule has 34 heavy (non-hydrogen) atoms. The third-order valence-electron chi connectivity index (χ3n) is 2.69.